The highest BCUT2D eigenvalue weighted by Crippen LogP contribution is 2.45. The Bertz CT molecular complexity index is 4920. The highest BCUT2D eigenvalue weighted by molar-refractivity contribution is 6.25. The molecule has 11 aromatic carbocycles. The van der Waals surface area contributed by atoms with Crippen LogP contribution in [0.25, 0.3) is 160 Å². The van der Waals surface area contributed by atoms with E-state index >= 15 is 0 Å². The molecular weight excluding hydrogens is 861 g/mol. The van der Waals surface area contributed by atoms with Crippen molar-refractivity contribution in [1.29, 1.82) is 0 Å². The van der Waals surface area contributed by atoms with E-state index in [1.54, 1.807) is 0 Å². The van der Waals surface area contributed by atoms with Crippen LogP contribution in [0, 0.1) is 0 Å². The normalized spacial score (nSPS) is 12.3. The van der Waals surface area contributed by atoms with Crippen molar-refractivity contribution in [3.63, 3.8) is 0 Å². The fourth-order valence-corrected chi connectivity index (χ4v) is 11.2. The van der Waals surface area contributed by atoms with Gasteiger partial charge in [0.05, 0.1) is 16.6 Å². The third-order valence-electron chi connectivity index (χ3n) is 14.4. The van der Waals surface area contributed by atoms with Gasteiger partial charge in [-0.3, -0.25) is 0 Å². The Morgan fingerprint density at radius 3 is 1.74 bits per heavy atom. The molecule has 7 heteroatoms. The van der Waals surface area contributed by atoms with Gasteiger partial charge in [-0.05, 0) is 111 Å². The minimum atomic E-state index is 0.494. The van der Waals surface area contributed by atoms with Crippen LogP contribution in [0.15, 0.2) is 220 Å². The molecule has 324 valence electrons. The van der Waals surface area contributed by atoms with Gasteiger partial charge in [-0.1, -0.05) is 127 Å². The van der Waals surface area contributed by atoms with Crippen LogP contribution < -0.4 is 0 Å². The molecule has 0 fully saturated rings. The van der Waals surface area contributed by atoms with Crippen molar-refractivity contribution in [3.05, 3.63) is 206 Å². The minimum absolute atomic E-state index is 0.494. The zero-order valence-electron chi connectivity index (χ0n) is 37.1. The zero-order valence-corrected chi connectivity index (χ0v) is 37.1. The van der Waals surface area contributed by atoms with E-state index in [-0.39, 0.29) is 0 Å². The molecule has 0 unspecified atom stereocenters. The molecule has 70 heavy (non-hydrogen) atoms. The first kappa shape index (κ1) is 37.5. The predicted octanol–water partition coefficient (Wildman–Crippen LogP) is 17.1. The molecule has 0 aliphatic carbocycles. The van der Waals surface area contributed by atoms with Gasteiger partial charge in [-0.15, -0.1) is 0 Å². The van der Waals surface area contributed by atoms with Crippen molar-refractivity contribution < 1.29 is 13.3 Å². The van der Waals surface area contributed by atoms with Crippen molar-refractivity contribution in [3.8, 4) is 39.9 Å². The SMILES string of the molecule is c1ccc2cc3c(cc2c1)c1c2ccccc2ccc1n3-c1ccc2c(c1)cc(-c1nc(-c3ccc4oc5ccccc5c4c3)nc(-c3cccc4oc5ccccc5c34)n1)c1oc3ccccc3c12. The Balaban J connectivity index is 0.992. The first-order valence-corrected chi connectivity index (χ1v) is 23.5. The average Bonchev–Trinajstić information content (AvgIpc) is 4.19. The number of nitrogens with zero attached hydrogens (tertiary/aromatic N) is 4. The Kier molecular flexibility index (Phi) is 7.49. The van der Waals surface area contributed by atoms with Crippen LogP contribution in [0.4, 0.5) is 0 Å². The fourth-order valence-electron chi connectivity index (χ4n) is 11.2. The third kappa shape index (κ3) is 5.31. The molecule has 0 aliphatic heterocycles. The molecule has 0 saturated carbocycles. The quantitative estimate of drug-likeness (QED) is 0.175. The molecular formula is C63H34N4O3. The molecule has 0 radical (unpaired) electrons. The maximum absolute atomic E-state index is 6.91. The van der Waals surface area contributed by atoms with Crippen LogP contribution in [0.3, 0.4) is 0 Å². The Hall–Kier alpha value is -9.59. The summed E-state index contributed by atoms with van der Waals surface area (Å²) in [5.41, 5.74) is 10.5. The summed E-state index contributed by atoms with van der Waals surface area (Å²) in [6, 6.07) is 72.3. The van der Waals surface area contributed by atoms with Gasteiger partial charge in [0.15, 0.2) is 17.5 Å². The number of aromatic nitrogens is 4. The molecule has 5 aromatic heterocycles. The van der Waals surface area contributed by atoms with Gasteiger partial charge in [0.1, 0.15) is 33.5 Å². The molecule has 0 aliphatic rings. The second kappa shape index (κ2) is 14.0. The van der Waals surface area contributed by atoms with Crippen molar-refractivity contribution in [2.45, 2.75) is 0 Å². The molecule has 0 spiro atoms. The standard InChI is InChI=1S/C63H34N4O3/c1-2-14-37-34-51-48(31-36(37)13-1)57-41-15-4-3-12-35(41)24-28-50(57)67(51)40-26-27-42-39(30-40)33-49(60-59(42)45-18-7-10-22-54(45)70-60)63-65-61(38-25-29-55-47(32-38)43-16-5-8-20-52(43)68-55)64-62(66-63)46-19-11-23-56-58(46)44-17-6-9-21-53(44)69-56/h1-34H. The molecule has 0 amide bonds. The van der Waals surface area contributed by atoms with Crippen LogP contribution in [-0.2, 0) is 0 Å². The lowest BCUT2D eigenvalue weighted by Gasteiger charge is -2.13. The lowest BCUT2D eigenvalue weighted by Crippen LogP contribution is -2.01. The Morgan fingerprint density at radius 1 is 0.300 bits per heavy atom. The maximum Gasteiger partial charge on any atom is 0.167 e. The number of hydrogen-bond acceptors (Lipinski definition) is 6. The minimum Gasteiger partial charge on any atom is -0.456 e. The first-order valence-electron chi connectivity index (χ1n) is 23.5. The summed E-state index contributed by atoms with van der Waals surface area (Å²) in [4.78, 5) is 16.1. The summed E-state index contributed by atoms with van der Waals surface area (Å²) in [6.45, 7) is 0. The second-order valence-electron chi connectivity index (χ2n) is 18.3. The van der Waals surface area contributed by atoms with Crippen molar-refractivity contribution in [2.75, 3.05) is 0 Å². The smallest absolute Gasteiger partial charge is 0.167 e. The van der Waals surface area contributed by atoms with Crippen LogP contribution in [0.5, 0.6) is 0 Å². The largest absolute Gasteiger partial charge is 0.456 e. The highest BCUT2D eigenvalue weighted by Gasteiger charge is 2.24. The van der Waals surface area contributed by atoms with E-state index in [9.17, 15) is 0 Å². The zero-order chi connectivity index (χ0) is 45.6. The molecule has 5 heterocycles. The van der Waals surface area contributed by atoms with E-state index in [1.165, 1.54) is 32.3 Å². The van der Waals surface area contributed by atoms with Gasteiger partial charge in [-0.2, -0.15) is 0 Å². The number of benzene rings is 11. The van der Waals surface area contributed by atoms with Crippen LogP contribution >= 0.6 is 0 Å². The number of rotatable bonds is 4. The van der Waals surface area contributed by atoms with Crippen LogP contribution in [-0.4, -0.2) is 19.5 Å². The van der Waals surface area contributed by atoms with Gasteiger partial charge in [-0.25, -0.2) is 15.0 Å². The van der Waals surface area contributed by atoms with Gasteiger partial charge in [0, 0.05) is 59.9 Å². The van der Waals surface area contributed by atoms with Gasteiger partial charge in [0.2, 0.25) is 0 Å². The molecule has 0 N–H and O–H groups in total. The van der Waals surface area contributed by atoms with Gasteiger partial charge in [0.25, 0.3) is 0 Å². The van der Waals surface area contributed by atoms with E-state index in [0.717, 1.165) is 104 Å². The summed E-state index contributed by atoms with van der Waals surface area (Å²) in [5, 5.41) is 15.4. The summed E-state index contributed by atoms with van der Waals surface area (Å²) in [6.07, 6.45) is 0. The number of para-hydroxylation sites is 3. The fraction of sp³-hybridized carbons (Fsp3) is 0. The number of hydrogen-bond donors (Lipinski definition) is 0. The van der Waals surface area contributed by atoms with E-state index in [2.05, 4.69) is 138 Å². The topological polar surface area (TPSA) is 83.0 Å². The summed E-state index contributed by atoms with van der Waals surface area (Å²) in [5.74, 6) is 1.55. The first-order chi connectivity index (χ1) is 34.7. The summed E-state index contributed by atoms with van der Waals surface area (Å²) in [7, 11) is 0. The van der Waals surface area contributed by atoms with E-state index in [0.29, 0.717) is 23.1 Å². The van der Waals surface area contributed by atoms with Crippen molar-refractivity contribution in [1.82, 2.24) is 19.5 Å². The lowest BCUT2D eigenvalue weighted by atomic mass is 9.99. The molecule has 0 bridgehead atoms. The highest BCUT2D eigenvalue weighted by atomic mass is 16.3. The molecule has 0 atom stereocenters. The monoisotopic (exact) mass is 894 g/mol. The molecule has 16 aromatic rings. The molecule has 0 saturated heterocycles. The average molecular weight is 895 g/mol. The van der Waals surface area contributed by atoms with Crippen LogP contribution in [0.2, 0.25) is 0 Å². The number of fused-ring (bicyclic) bond motifs is 17. The Morgan fingerprint density at radius 2 is 0.914 bits per heavy atom. The predicted molar refractivity (Wildman–Crippen MR) is 285 cm³/mol. The maximum atomic E-state index is 6.91. The van der Waals surface area contributed by atoms with E-state index in [4.69, 9.17) is 28.2 Å². The Labute approximate surface area is 397 Å². The third-order valence-corrected chi connectivity index (χ3v) is 14.4. The van der Waals surface area contributed by atoms with Crippen LogP contribution in [0.1, 0.15) is 0 Å². The van der Waals surface area contributed by atoms with Gasteiger partial charge >= 0.3 is 0 Å². The second-order valence-corrected chi connectivity index (χ2v) is 18.3. The van der Waals surface area contributed by atoms with Gasteiger partial charge < -0.3 is 17.8 Å². The molecule has 16 rings (SSSR count). The summed E-state index contributed by atoms with van der Waals surface area (Å²) >= 11 is 0. The molecule has 7 nitrogen and oxygen atoms in total. The van der Waals surface area contributed by atoms with Crippen molar-refractivity contribution in [2.24, 2.45) is 0 Å². The van der Waals surface area contributed by atoms with E-state index in [1.807, 2.05) is 72.8 Å². The lowest BCUT2D eigenvalue weighted by molar-refractivity contribution is 0.668. The van der Waals surface area contributed by atoms with Crippen molar-refractivity contribution >= 4 is 120 Å². The summed E-state index contributed by atoms with van der Waals surface area (Å²) < 4.78 is 22.0. The van der Waals surface area contributed by atoms with E-state index < -0.39 is 0 Å². The number of furan rings is 3.